The maximum Gasteiger partial charge on any atom is 0.330 e. The smallest absolute Gasteiger partial charge is 0.330 e. The molecule has 1 heterocycles. The average Bonchev–Trinajstić information content (AvgIpc) is 2.79. The van der Waals surface area contributed by atoms with Crippen LogP contribution in [0, 0.1) is 0 Å². The molecule has 6 nitrogen and oxygen atoms in total. The summed E-state index contributed by atoms with van der Waals surface area (Å²) in [6.45, 7) is -1.83. The summed E-state index contributed by atoms with van der Waals surface area (Å²) in [6, 6.07) is 0. The number of hydrogen-bond donors (Lipinski definition) is 1. The van der Waals surface area contributed by atoms with Crippen LogP contribution in [-0.2, 0) is 16.1 Å². The summed E-state index contributed by atoms with van der Waals surface area (Å²) < 4.78 is 62.8. The number of methoxy groups -OCH3 is 1. The van der Waals surface area contributed by atoms with Crippen LogP contribution in [0.5, 0.6) is 0 Å². The molecule has 0 aliphatic rings. The van der Waals surface area contributed by atoms with Crippen molar-refractivity contribution in [3.63, 3.8) is 0 Å². The van der Waals surface area contributed by atoms with E-state index in [1.165, 1.54) is 7.11 Å². The summed E-state index contributed by atoms with van der Waals surface area (Å²) in [5, 5.41) is 3.42. The topological polar surface area (TPSA) is 83.4 Å². The number of halogens is 4. The predicted octanol–water partition coefficient (Wildman–Crippen LogP) is 1.13. The average molecular weight is 287 g/mol. The van der Waals surface area contributed by atoms with Crippen LogP contribution in [0.3, 0.4) is 0 Å². The molecule has 1 aromatic heterocycles. The van der Waals surface area contributed by atoms with E-state index >= 15 is 0 Å². The number of ether oxygens (including phenoxy) is 2. The first-order chi connectivity index (χ1) is 8.90. The third-order valence-corrected chi connectivity index (χ3v) is 2.10. The molecule has 0 saturated heterocycles. The third-order valence-electron chi connectivity index (χ3n) is 2.10. The van der Waals surface area contributed by atoms with E-state index < -0.39 is 31.7 Å². The van der Waals surface area contributed by atoms with Gasteiger partial charge in [-0.15, -0.1) is 0 Å². The van der Waals surface area contributed by atoms with Gasteiger partial charge in [0.05, 0.1) is 0 Å². The van der Waals surface area contributed by atoms with Gasteiger partial charge in [-0.05, 0) is 0 Å². The van der Waals surface area contributed by atoms with Crippen molar-refractivity contribution in [3.05, 3.63) is 11.7 Å². The lowest BCUT2D eigenvalue weighted by molar-refractivity contribution is -0.168. The second-order valence-electron chi connectivity index (χ2n) is 3.56. The highest BCUT2D eigenvalue weighted by Crippen LogP contribution is 2.23. The van der Waals surface area contributed by atoms with Gasteiger partial charge in [0, 0.05) is 13.7 Å². The highest BCUT2D eigenvalue weighted by atomic mass is 19.3. The molecule has 1 unspecified atom stereocenters. The second-order valence-corrected chi connectivity index (χ2v) is 3.56. The second kappa shape index (κ2) is 6.78. The summed E-state index contributed by atoms with van der Waals surface area (Å²) >= 11 is 0. The Morgan fingerprint density at radius 2 is 2.11 bits per heavy atom. The van der Waals surface area contributed by atoms with Crippen LogP contribution < -0.4 is 5.73 Å². The largest absolute Gasteiger partial charge is 0.370 e. The van der Waals surface area contributed by atoms with E-state index in [-0.39, 0.29) is 18.3 Å². The first-order valence-corrected chi connectivity index (χ1v) is 5.19. The van der Waals surface area contributed by atoms with Gasteiger partial charge >= 0.3 is 12.3 Å². The van der Waals surface area contributed by atoms with Crippen LogP contribution >= 0.6 is 0 Å². The van der Waals surface area contributed by atoms with Gasteiger partial charge in [-0.3, -0.25) is 0 Å². The summed E-state index contributed by atoms with van der Waals surface area (Å²) in [5.74, 6) is -4.21. The monoisotopic (exact) mass is 287 g/mol. The molecular weight excluding hydrogens is 274 g/mol. The van der Waals surface area contributed by atoms with Crippen LogP contribution in [0.25, 0.3) is 0 Å². The van der Waals surface area contributed by atoms with Gasteiger partial charge < -0.3 is 19.7 Å². The fraction of sp³-hybridized carbons (Fsp3) is 0.778. The molecule has 0 spiro atoms. The molecule has 0 bridgehead atoms. The molecule has 19 heavy (non-hydrogen) atoms. The zero-order valence-corrected chi connectivity index (χ0v) is 9.98. The van der Waals surface area contributed by atoms with Crippen molar-refractivity contribution in [2.45, 2.75) is 25.1 Å². The Bertz CT molecular complexity index is 385. The van der Waals surface area contributed by atoms with Crippen LogP contribution in [0.1, 0.15) is 17.8 Å². The molecule has 0 aromatic carbocycles. The zero-order chi connectivity index (χ0) is 14.5. The standard InChI is InChI=1S/C9H13F4N3O3/c1-17-5(2-14)7-15-6(16-19-7)3-18-4-9(12,13)8(10)11/h5,8H,2-4,14H2,1H3. The molecule has 1 atom stereocenters. The van der Waals surface area contributed by atoms with E-state index in [9.17, 15) is 17.6 Å². The van der Waals surface area contributed by atoms with Crippen molar-refractivity contribution in [1.29, 1.82) is 0 Å². The molecule has 110 valence electrons. The molecular formula is C9H13F4N3O3. The molecule has 1 rings (SSSR count). The van der Waals surface area contributed by atoms with Crippen molar-refractivity contribution in [2.24, 2.45) is 5.73 Å². The summed E-state index contributed by atoms with van der Waals surface area (Å²) in [4.78, 5) is 3.78. The number of nitrogens with two attached hydrogens (primary N) is 1. The van der Waals surface area contributed by atoms with Gasteiger partial charge in [0.2, 0.25) is 0 Å². The van der Waals surface area contributed by atoms with Gasteiger partial charge in [-0.2, -0.15) is 13.8 Å². The lowest BCUT2D eigenvalue weighted by atomic mass is 10.3. The van der Waals surface area contributed by atoms with Crippen molar-refractivity contribution >= 4 is 0 Å². The van der Waals surface area contributed by atoms with Crippen molar-refractivity contribution in [2.75, 3.05) is 20.3 Å². The fourth-order valence-electron chi connectivity index (χ4n) is 1.10. The van der Waals surface area contributed by atoms with E-state index in [2.05, 4.69) is 14.9 Å². The first-order valence-electron chi connectivity index (χ1n) is 5.19. The molecule has 10 heteroatoms. The third kappa shape index (κ3) is 4.40. The van der Waals surface area contributed by atoms with E-state index in [1.54, 1.807) is 0 Å². The fourth-order valence-corrected chi connectivity index (χ4v) is 1.10. The Hall–Kier alpha value is -1.26. The van der Waals surface area contributed by atoms with Gasteiger partial charge in [-0.25, -0.2) is 8.78 Å². The van der Waals surface area contributed by atoms with E-state index in [1.807, 2.05) is 0 Å². The van der Waals surface area contributed by atoms with Crippen molar-refractivity contribution in [3.8, 4) is 0 Å². The minimum absolute atomic E-state index is 0.0595. The van der Waals surface area contributed by atoms with Gasteiger partial charge in [0.1, 0.15) is 19.3 Å². The van der Waals surface area contributed by atoms with E-state index in [0.29, 0.717) is 0 Å². The predicted molar refractivity (Wildman–Crippen MR) is 53.7 cm³/mol. The quantitative estimate of drug-likeness (QED) is 0.722. The van der Waals surface area contributed by atoms with Crippen LogP contribution in [-0.4, -0.2) is 42.8 Å². The Morgan fingerprint density at radius 3 is 2.63 bits per heavy atom. The lowest BCUT2D eigenvalue weighted by Crippen LogP contribution is -2.32. The molecule has 0 radical (unpaired) electrons. The van der Waals surface area contributed by atoms with Gasteiger partial charge in [0.15, 0.2) is 5.82 Å². The van der Waals surface area contributed by atoms with Crippen LogP contribution in [0.2, 0.25) is 0 Å². The zero-order valence-electron chi connectivity index (χ0n) is 9.98. The normalized spacial score (nSPS) is 14.1. The van der Waals surface area contributed by atoms with Crippen molar-refractivity contribution < 1.29 is 31.6 Å². The Morgan fingerprint density at radius 1 is 1.42 bits per heavy atom. The molecule has 2 N–H and O–H groups in total. The number of rotatable bonds is 8. The SMILES string of the molecule is COC(CN)c1nc(COCC(F)(F)C(F)F)no1. The number of aromatic nitrogens is 2. The van der Waals surface area contributed by atoms with Crippen LogP contribution in [0.15, 0.2) is 4.52 Å². The molecule has 0 saturated carbocycles. The van der Waals surface area contributed by atoms with E-state index in [4.69, 9.17) is 15.0 Å². The first kappa shape index (κ1) is 15.8. The number of nitrogens with zero attached hydrogens (tertiary/aromatic N) is 2. The Labute approximate surface area is 105 Å². The molecule has 0 amide bonds. The lowest BCUT2D eigenvalue weighted by Gasteiger charge is -2.14. The molecule has 0 fully saturated rings. The number of alkyl halides is 4. The minimum Gasteiger partial charge on any atom is -0.370 e. The summed E-state index contributed by atoms with van der Waals surface area (Å²) in [6.07, 6.45) is -4.41. The molecule has 0 aliphatic carbocycles. The highest BCUT2D eigenvalue weighted by molar-refractivity contribution is 4.89. The summed E-state index contributed by atoms with van der Waals surface area (Å²) in [7, 11) is 1.38. The summed E-state index contributed by atoms with van der Waals surface area (Å²) in [5.41, 5.74) is 5.35. The van der Waals surface area contributed by atoms with E-state index in [0.717, 1.165) is 0 Å². The molecule has 0 aliphatic heterocycles. The number of hydrogen-bond acceptors (Lipinski definition) is 6. The van der Waals surface area contributed by atoms with Gasteiger partial charge in [0.25, 0.3) is 5.89 Å². The highest BCUT2D eigenvalue weighted by Gasteiger charge is 2.41. The Kier molecular flexibility index (Phi) is 5.63. The van der Waals surface area contributed by atoms with Crippen LogP contribution in [0.4, 0.5) is 17.6 Å². The van der Waals surface area contributed by atoms with Gasteiger partial charge in [-0.1, -0.05) is 5.16 Å². The minimum atomic E-state index is -4.21. The Balaban J connectivity index is 2.47. The van der Waals surface area contributed by atoms with Crippen molar-refractivity contribution in [1.82, 2.24) is 10.1 Å². The maximum absolute atomic E-state index is 12.5. The molecule has 1 aromatic rings. The maximum atomic E-state index is 12.5.